The molecule has 0 aromatic heterocycles. The molecule has 1 saturated heterocycles. The maximum Gasteiger partial charge on any atom is 0.0731 e. The number of morpholine rings is 1. The van der Waals surface area contributed by atoms with Gasteiger partial charge in [0.2, 0.25) is 0 Å². The molecule has 1 heterocycles. The van der Waals surface area contributed by atoms with Gasteiger partial charge in [0.15, 0.2) is 0 Å². The highest BCUT2D eigenvalue weighted by atomic mass is 32.1. The minimum atomic E-state index is 0.521. The maximum absolute atomic E-state index is 5.76. The van der Waals surface area contributed by atoms with Crippen molar-refractivity contribution in [2.75, 3.05) is 25.4 Å². The van der Waals surface area contributed by atoms with Crippen LogP contribution in [0.5, 0.6) is 0 Å². The van der Waals surface area contributed by atoms with E-state index in [2.05, 4.69) is 29.7 Å². The van der Waals surface area contributed by atoms with Crippen molar-refractivity contribution in [1.82, 2.24) is 4.90 Å². The summed E-state index contributed by atoms with van der Waals surface area (Å²) in [5, 5.41) is 0. The fourth-order valence-corrected chi connectivity index (χ4v) is 2.67. The Balaban J connectivity index is 1.87. The van der Waals surface area contributed by atoms with Crippen LogP contribution in [0.25, 0.3) is 0 Å². The summed E-state index contributed by atoms with van der Waals surface area (Å²) in [5.74, 6) is 0.846. The topological polar surface area (TPSA) is 12.5 Å². The third-order valence-electron chi connectivity index (χ3n) is 3.21. The van der Waals surface area contributed by atoms with E-state index >= 15 is 0 Å². The molecule has 1 aliphatic carbocycles. The zero-order valence-electron chi connectivity index (χ0n) is 8.56. The first kappa shape index (κ1) is 10.5. The Morgan fingerprint density at radius 3 is 3.14 bits per heavy atom. The van der Waals surface area contributed by atoms with Gasteiger partial charge in [-0.1, -0.05) is 12.2 Å². The molecule has 2 fully saturated rings. The molecular formula is C11H19NOS. The zero-order valence-corrected chi connectivity index (χ0v) is 9.46. The zero-order chi connectivity index (χ0) is 9.80. The molecule has 0 N–H and O–H groups in total. The molecule has 0 bridgehead atoms. The second-order valence-electron chi connectivity index (χ2n) is 4.06. The number of hydrogen-bond donors (Lipinski definition) is 1. The first-order valence-electron chi connectivity index (χ1n) is 5.53. The van der Waals surface area contributed by atoms with E-state index in [9.17, 15) is 0 Å². The molecule has 3 heteroatoms. The molecule has 0 radical (unpaired) electrons. The molecule has 1 aliphatic heterocycles. The van der Waals surface area contributed by atoms with Gasteiger partial charge in [0.05, 0.1) is 12.7 Å². The SMILES string of the molecule is SCC=CCN1CCOC2CCCC21. The summed E-state index contributed by atoms with van der Waals surface area (Å²) in [4.78, 5) is 2.56. The summed E-state index contributed by atoms with van der Waals surface area (Å²) in [6.45, 7) is 3.08. The number of thiol groups is 1. The average molecular weight is 213 g/mol. The summed E-state index contributed by atoms with van der Waals surface area (Å²) in [6, 6.07) is 0.688. The lowest BCUT2D eigenvalue weighted by molar-refractivity contribution is -0.0511. The smallest absolute Gasteiger partial charge is 0.0731 e. The molecule has 2 atom stereocenters. The summed E-state index contributed by atoms with van der Waals surface area (Å²) >= 11 is 4.16. The number of fused-ring (bicyclic) bond motifs is 1. The Kier molecular flexibility index (Phi) is 3.90. The Morgan fingerprint density at radius 1 is 1.36 bits per heavy atom. The van der Waals surface area contributed by atoms with Crippen LogP contribution in [-0.4, -0.2) is 42.5 Å². The van der Waals surface area contributed by atoms with Crippen LogP contribution in [0.1, 0.15) is 19.3 Å². The number of nitrogens with zero attached hydrogens (tertiary/aromatic N) is 1. The standard InChI is InChI=1S/C11H19NOS/c14-9-2-1-6-12-7-8-13-11-5-3-4-10(11)12/h1-2,10-11,14H,3-9H2. The van der Waals surface area contributed by atoms with Crippen LogP contribution < -0.4 is 0 Å². The second-order valence-corrected chi connectivity index (χ2v) is 4.42. The van der Waals surface area contributed by atoms with Crippen molar-refractivity contribution in [3.8, 4) is 0 Å². The van der Waals surface area contributed by atoms with Gasteiger partial charge in [0.1, 0.15) is 0 Å². The largest absolute Gasteiger partial charge is 0.375 e. The highest BCUT2D eigenvalue weighted by Crippen LogP contribution is 2.29. The first-order valence-corrected chi connectivity index (χ1v) is 6.16. The minimum Gasteiger partial charge on any atom is -0.375 e. The van der Waals surface area contributed by atoms with Crippen molar-refractivity contribution in [3.05, 3.63) is 12.2 Å². The lowest BCUT2D eigenvalue weighted by atomic mass is 10.1. The monoisotopic (exact) mass is 213 g/mol. The Morgan fingerprint density at radius 2 is 2.29 bits per heavy atom. The fourth-order valence-electron chi connectivity index (χ4n) is 2.52. The van der Waals surface area contributed by atoms with E-state index in [0.29, 0.717) is 12.1 Å². The molecule has 0 aromatic rings. The van der Waals surface area contributed by atoms with Crippen LogP contribution in [0.4, 0.5) is 0 Å². The predicted molar refractivity (Wildman–Crippen MR) is 61.9 cm³/mol. The van der Waals surface area contributed by atoms with Crippen molar-refractivity contribution < 1.29 is 4.74 Å². The fraction of sp³-hybridized carbons (Fsp3) is 0.818. The predicted octanol–water partition coefficient (Wildman–Crippen LogP) is 1.73. The van der Waals surface area contributed by atoms with Gasteiger partial charge in [-0.05, 0) is 19.3 Å². The lowest BCUT2D eigenvalue weighted by Gasteiger charge is -2.36. The van der Waals surface area contributed by atoms with Crippen LogP contribution in [0.3, 0.4) is 0 Å². The van der Waals surface area contributed by atoms with Gasteiger partial charge >= 0.3 is 0 Å². The van der Waals surface area contributed by atoms with E-state index in [4.69, 9.17) is 4.74 Å². The van der Waals surface area contributed by atoms with Crippen LogP contribution in [0, 0.1) is 0 Å². The van der Waals surface area contributed by atoms with Gasteiger partial charge < -0.3 is 4.74 Å². The van der Waals surface area contributed by atoms with Crippen molar-refractivity contribution in [2.24, 2.45) is 0 Å². The van der Waals surface area contributed by atoms with Crippen LogP contribution in [0.2, 0.25) is 0 Å². The normalized spacial score (nSPS) is 33.8. The quantitative estimate of drug-likeness (QED) is 0.566. The molecule has 0 spiro atoms. The molecule has 2 aliphatic rings. The lowest BCUT2D eigenvalue weighted by Crippen LogP contribution is -2.48. The third-order valence-corrected chi connectivity index (χ3v) is 3.42. The van der Waals surface area contributed by atoms with E-state index in [1.54, 1.807) is 0 Å². The van der Waals surface area contributed by atoms with E-state index in [1.807, 2.05) is 0 Å². The number of ether oxygens (including phenoxy) is 1. The molecule has 1 saturated carbocycles. The molecule has 80 valence electrons. The third kappa shape index (κ3) is 2.33. The van der Waals surface area contributed by atoms with Gasteiger partial charge in [-0.25, -0.2) is 0 Å². The number of rotatable bonds is 3. The van der Waals surface area contributed by atoms with Crippen LogP contribution in [-0.2, 0) is 4.74 Å². The molecule has 14 heavy (non-hydrogen) atoms. The molecule has 2 unspecified atom stereocenters. The Hall–Kier alpha value is 0.01000. The molecule has 0 aromatic carbocycles. The van der Waals surface area contributed by atoms with Crippen molar-refractivity contribution in [2.45, 2.75) is 31.4 Å². The van der Waals surface area contributed by atoms with Crippen molar-refractivity contribution >= 4 is 12.6 Å². The van der Waals surface area contributed by atoms with Gasteiger partial charge in [-0.3, -0.25) is 4.90 Å². The molecular weight excluding hydrogens is 194 g/mol. The van der Waals surface area contributed by atoms with Crippen LogP contribution in [0.15, 0.2) is 12.2 Å². The van der Waals surface area contributed by atoms with E-state index < -0.39 is 0 Å². The van der Waals surface area contributed by atoms with Gasteiger partial charge in [-0.2, -0.15) is 12.6 Å². The first-order chi connectivity index (χ1) is 6.92. The van der Waals surface area contributed by atoms with Gasteiger partial charge in [0, 0.05) is 24.9 Å². The summed E-state index contributed by atoms with van der Waals surface area (Å²) in [7, 11) is 0. The molecule has 2 nitrogen and oxygen atoms in total. The Bertz CT molecular complexity index is 207. The van der Waals surface area contributed by atoms with Gasteiger partial charge in [0.25, 0.3) is 0 Å². The summed E-state index contributed by atoms with van der Waals surface area (Å²) in [6.07, 6.45) is 8.79. The summed E-state index contributed by atoms with van der Waals surface area (Å²) in [5.41, 5.74) is 0. The molecule has 2 rings (SSSR count). The van der Waals surface area contributed by atoms with E-state index in [0.717, 1.165) is 25.4 Å². The van der Waals surface area contributed by atoms with E-state index in [-0.39, 0.29) is 0 Å². The highest BCUT2D eigenvalue weighted by Gasteiger charge is 2.35. The minimum absolute atomic E-state index is 0.521. The molecule has 0 amide bonds. The van der Waals surface area contributed by atoms with Crippen molar-refractivity contribution in [1.29, 1.82) is 0 Å². The second kappa shape index (κ2) is 5.19. The van der Waals surface area contributed by atoms with E-state index in [1.165, 1.54) is 19.3 Å². The average Bonchev–Trinajstić information content (AvgIpc) is 2.67. The highest BCUT2D eigenvalue weighted by molar-refractivity contribution is 7.80. The number of hydrogen-bond acceptors (Lipinski definition) is 3. The Labute approximate surface area is 91.7 Å². The van der Waals surface area contributed by atoms with Crippen molar-refractivity contribution in [3.63, 3.8) is 0 Å². The van der Waals surface area contributed by atoms with Gasteiger partial charge in [-0.15, -0.1) is 0 Å². The maximum atomic E-state index is 5.76. The van der Waals surface area contributed by atoms with Crippen LogP contribution >= 0.6 is 12.6 Å². The summed E-state index contributed by atoms with van der Waals surface area (Å²) < 4.78 is 5.76.